The summed E-state index contributed by atoms with van der Waals surface area (Å²) >= 11 is 0. The number of halogens is 1. The van der Waals surface area contributed by atoms with E-state index in [4.69, 9.17) is 0 Å². The molecule has 18 heavy (non-hydrogen) atoms. The minimum Gasteiger partial charge on any atom is -0.311 e. The van der Waals surface area contributed by atoms with Crippen molar-refractivity contribution in [1.29, 1.82) is 0 Å². The fourth-order valence-electron chi connectivity index (χ4n) is 3.32. The van der Waals surface area contributed by atoms with Gasteiger partial charge in [0.25, 0.3) is 0 Å². The molecule has 2 aliphatic heterocycles. The Morgan fingerprint density at radius 3 is 2.61 bits per heavy atom. The van der Waals surface area contributed by atoms with Crippen molar-refractivity contribution in [3.63, 3.8) is 0 Å². The lowest BCUT2D eigenvalue weighted by Gasteiger charge is -2.28. The molecule has 3 heteroatoms. The Hall–Kier alpha value is -1.22. The van der Waals surface area contributed by atoms with Gasteiger partial charge in [-0.3, -0.25) is 4.79 Å². The molecule has 2 aliphatic rings. The van der Waals surface area contributed by atoms with Crippen LogP contribution in [0.4, 0.5) is 4.39 Å². The van der Waals surface area contributed by atoms with Gasteiger partial charge < -0.3 is 5.32 Å². The first-order valence-corrected chi connectivity index (χ1v) is 6.70. The van der Waals surface area contributed by atoms with Crippen molar-refractivity contribution in [3.8, 4) is 0 Å². The van der Waals surface area contributed by atoms with Crippen LogP contribution in [-0.4, -0.2) is 17.9 Å². The zero-order valence-corrected chi connectivity index (χ0v) is 10.6. The molecule has 96 valence electrons. The number of fused-ring (bicyclic) bond motifs is 2. The molecule has 2 bridgehead atoms. The number of aryl methyl sites for hydroxylation is 1. The van der Waals surface area contributed by atoms with Crippen LogP contribution in [0.2, 0.25) is 0 Å². The minimum atomic E-state index is -0.378. The largest absolute Gasteiger partial charge is 0.311 e. The average molecular weight is 247 g/mol. The highest BCUT2D eigenvalue weighted by Crippen LogP contribution is 2.33. The molecule has 0 saturated carbocycles. The van der Waals surface area contributed by atoms with Crippen LogP contribution in [0, 0.1) is 18.7 Å². The van der Waals surface area contributed by atoms with Crippen LogP contribution in [0.1, 0.15) is 41.6 Å². The van der Waals surface area contributed by atoms with Gasteiger partial charge in [0.05, 0.1) is 5.56 Å². The summed E-state index contributed by atoms with van der Waals surface area (Å²) in [5, 5.41) is 3.51. The highest BCUT2D eigenvalue weighted by Gasteiger charge is 2.37. The number of carbonyl (C=O) groups excluding carboxylic acids is 1. The topological polar surface area (TPSA) is 29.1 Å². The van der Waals surface area contributed by atoms with Crippen molar-refractivity contribution >= 4 is 5.78 Å². The van der Waals surface area contributed by atoms with Crippen LogP contribution in [0.15, 0.2) is 18.2 Å². The van der Waals surface area contributed by atoms with Gasteiger partial charge in [0.15, 0.2) is 5.78 Å². The summed E-state index contributed by atoms with van der Waals surface area (Å²) in [6.07, 6.45) is 4.04. The highest BCUT2D eigenvalue weighted by molar-refractivity contribution is 5.98. The zero-order chi connectivity index (χ0) is 12.7. The molecule has 0 spiro atoms. The molecule has 2 unspecified atom stereocenters. The Morgan fingerprint density at radius 2 is 1.94 bits per heavy atom. The van der Waals surface area contributed by atoms with E-state index in [1.165, 1.54) is 6.07 Å². The van der Waals surface area contributed by atoms with Crippen LogP contribution in [0.5, 0.6) is 0 Å². The molecular formula is C15H18FNO. The maximum Gasteiger partial charge on any atom is 0.169 e. The van der Waals surface area contributed by atoms with Gasteiger partial charge in [-0.25, -0.2) is 4.39 Å². The van der Waals surface area contributed by atoms with E-state index in [9.17, 15) is 9.18 Å². The molecule has 2 atom stereocenters. The van der Waals surface area contributed by atoms with Gasteiger partial charge in [-0.05, 0) is 44.7 Å². The van der Waals surface area contributed by atoms with Crippen molar-refractivity contribution in [2.24, 2.45) is 5.92 Å². The second-order valence-corrected chi connectivity index (χ2v) is 5.65. The Labute approximate surface area is 107 Å². The van der Waals surface area contributed by atoms with Gasteiger partial charge in [-0.2, -0.15) is 0 Å². The van der Waals surface area contributed by atoms with Gasteiger partial charge in [0.1, 0.15) is 5.82 Å². The number of hydrogen-bond donors (Lipinski definition) is 1. The predicted octanol–water partition coefficient (Wildman–Crippen LogP) is 2.85. The SMILES string of the molecule is Cc1ccc(F)c(C(=O)C2CC3CCC(C2)N3)c1. The fraction of sp³-hybridized carbons (Fsp3) is 0.533. The molecule has 2 heterocycles. The second kappa shape index (κ2) is 4.47. The van der Waals surface area contributed by atoms with Gasteiger partial charge in [-0.1, -0.05) is 11.6 Å². The molecule has 1 aromatic rings. The monoisotopic (exact) mass is 247 g/mol. The number of ketones is 1. The van der Waals surface area contributed by atoms with Gasteiger partial charge in [0, 0.05) is 18.0 Å². The summed E-state index contributed by atoms with van der Waals surface area (Å²) in [6.45, 7) is 1.89. The van der Waals surface area contributed by atoms with Gasteiger partial charge >= 0.3 is 0 Å². The van der Waals surface area contributed by atoms with Crippen LogP contribution < -0.4 is 5.32 Å². The molecule has 2 fully saturated rings. The Balaban J connectivity index is 1.84. The molecule has 1 N–H and O–H groups in total. The standard InChI is InChI=1S/C15H18FNO/c1-9-2-5-14(16)13(6-9)15(18)10-7-11-3-4-12(8-10)17-11/h2,5-6,10-12,17H,3-4,7-8H2,1H3. The lowest BCUT2D eigenvalue weighted by Crippen LogP contribution is -2.40. The molecule has 0 aromatic heterocycles. The molecule has 3 rings (SSSR count). The maximum atomic E-state index is 13.7. The fourth-order valence-corrected chi connectivity index (χ4v) is 3.32. The van der Waals surface area contributed by atoms with Crippen LogP contribution >= 0.6 is 0 Å². The first kappa shape index (κ1) is 11.8. The summed E-state index contributed by atoms with van der Waals surface area (Å²) in [7, 11) is 0. The molecular weight excluding hydrogens is 229 g/mol. The molecule has 0 radical (unpaired) electrons. The number of nitrogens with one attached hydrogen (secondary N) is 1. The number of rotatable bonds is 2. The van der Waals surface area contributed by atoms with Crippen LogP contribution in [0.25, 0.3) is 0 Å². The van der Waals surface area contributed by atoms with Crippen molar-refractivity contribution in [2.75, 3.05) is 0 Å². The summed E-state index contributed by atoms with van der Waals surface area (Å²) in [5.74, 6) is -0.383. The lowest BCUT2D eigenvalue weighted by atomic mass is 9.85. The summed E-state index contributed by atoms with van der Waals surface area (Å²) in [6, 6.07) is 5.72. The summed E-state index contributed by atoms with van der Waals surface area (Å²) in [4.78, 5) is 12.4. The van der Waals surface area contributed by atoms with E-state index in [1.54, 1.807) is 12.1 Å². The van der Waals surface area contributed by atoms with E-state index >= 15 is 0 Å². The number of hydrogen-bond acceptors (Lipinski definition) is 2. The number of carbonyl (C=O) groups is 1. The van der Waals surface area contributed by atoms with E-state index in [2.05, 4.69) is 5.32 Å². The molecule has 0 amide bonds. The summed E-state index contributed by atoms with van der Waals surface area (Å²) in [5.41, 5.74) is 1.22. The lowest BCUT2D eigenvalue weighted by molar-refractivity contribution is 0.0871. The highest BCUT2D eigenvalue weighted by atomic mass is 19.1. The van der Waals surface area contributed by atoms with E-state index in [0.717, 1.165) is 31.2 Å². The van der Waals surface area contributed by atoms with E-state index in [0.29, 0.717) is 12.1 Å². The Morgan fingerprint density at radius 1 is 1.28 bits per heavy atom. The van der Waals surface area contributed by atoms with Crippen LogP contribution in [-0.2, 0) is 0 Å². The number of piperidine rings is 1. The minimum absolute atomic E-state index is 0.0000463. The first-order valence-electron chi connectivity index (χ1n) is 6.70. The third-order valence-electron chi connectivity index (χ3n) is 4.23. The van der Waals surface area contributed by atoms with E-state index in [-0.39, 0.29) is 23.1 Å². The molecule has 2 saturated heterocycles. The van der Waals surface area contributed by atoms with Crippen molar-refractivity contribution in [1.82, 2.24) is 5.32 Å². The first-order chi connectivity index (χ1) is 8.63. The molecule has 1 aromatic carbocycles. The van der Waals surface area contributed by atoms with E-state index in [1.807, 2.05) is 6.92 Å². The Kier molecular flexibility index (Phi) is 2.94. The molecule has 2 nitrogen and oxygen atoms in total. The third-order valence-corrected chi connectivity index (χ3v) is 4.23. The quantitative estimate of drug-likeness (QED) is 0.814. The van der Waals surface area contributed by atoms with Crippen molar-refractivity contribution in [3.05, 3.63) is 35.1 Å². The van der Waals surface area contributed by atoms with Gasteiger partial charge in [-0.15, -0.1) is 0 Å². The van der Waals surface area contributed by atoms with E-state index < -0.39 is 0 Å². The Bertz CT molecular complexity index is 473. The maximum absolute atomic E-state index is 13.7. The normalized spacial score (nSPS) is 30.4. The average Bonchev–Trinajstić information content (AvgIpc) is 2.70. The van der Waals surface area contributed by atoms with Crippen LogP contribution in [0.3, 0.4) is 0 Å². The number of benzene rings is 1. The summed E-state index contributed by atoms with van der Waals surface area (Å²) < 4.78 is 13.7. The number of Topliss-reactive ketones (excluding diaryl/α,β-unsaturated/α-hetero) is 1. The van der Waals surface area contributed by atoms with Crippen molar-refractivity contribution in [2.45, 2.75) is 44.7 Å². The third kappa shape index (κ3) is 2.07. The van der Waals surface area contributed by atoms with Crippen molar-refractivity contribution < 1.29 is 9.18 Å². The second-order valence-electron chi connectivity index (χ2n) is 5.65. The molecule has 0 aliphatic carbocycles. The smallest absolute Gasteiger partial charge is 0.169 e. The zero-order valence-electron chi connectivity index (χ0n) is 10.6. The predicted molar refractivity (Wildman–Crippen MR) is 68.1 cm³/mol. The van der Waals surface area contributed by atoms with Gasteiger partial charge in [0.2, 0.25) is 0 Å².